The third-order valence-electron chi connectivity index (χ3n) is 2.89. The molecule has 92 valence electrons. The molecule has 1 atom stereocenters. The number of Topliss-reactive ketones (excluding diaryl/α,β-unsaturated/α-hetero) is 1. The summed E-state index contributed by atoms with van der Waals surface area (Å²) in [6, 6.07) is 5.18. The van der Waals surface area contributed by atoms with Crippen LogP contribution < -0.4 is 9.47 Å². The fourth-order valence-corrected chi connectivity index (χ4v) is 1.96. The summed E-state index contributed by atoms with van der Waals surface area (Å²) < 4.78 is 15.7. The summed E-state index contributed by atoms with van der Waals surface area (Å²) in [6.45, 7) is 0.670. The van der Waals surface area contributed by atoms with Gasteiger partial charge in [0.2, 0.25) is 0 Å². The predicted molar refractivity (Wildman–Crippen MR) is 62.9 cm³/mol. The van der Waals surface area contributed by atoms with Gasteiger partial charge in [0.1, 0.15) is 6.10 Å². The van der Waals surface area contributed by atoms with E-state index < -0.39 is 0 Å². The smallest absolute Gasteiger partial charge is 0.191 e. The van der Waals surface area contributed by atoms with Crippen LogP contribution in [0.2, 0.25) is 0 Å². The quantitative estimate of drug-likeness (QED) is 0.751. The maximum Gasteiger partial charge on any atom is 0.191 e. The van der Waals surface area contributed by atoms with Crippen LogP contribution >= 0.6 is 0 Å². The molecule has 0 saturated carbocycles. The minimum atomic E-state index is -0.298. The van der Waals surface area contributed by atoms with Crippen LogP contribution in [0.15, 0.2) is 18.2 Å². The molecule has 0 radical (unpaired) electrons. The average molecular weight is 236 g/mol. The number of ether oxygens (including phenoxy) is 3. The molecule has 1 aliphatic rings. The van der Waals surface area contributed by atoms with Gasteiger partial charge in [-0.3, -0.25) is 4.79 Å². The van der Waals surface area contributed by atoms with Crippen molar-refractivity contribution in [2.24, 2.45) is 0 Å². The second kappa shape index (κ2) is 5.19. The van der Waals surface area contributed by atoms with Gasteiger partial charge in [0.15, 0.2) is 17.3 Å². The molecular formula is C13H16O4. The minimum Gasteiger partial charge on any atom is -0.493 e. The molecule has 0 amide bonds. The Balaban J connectivity index is 2.23. The second-order valence-corrected chi connectivity index (χ2v) is 3.94. The normalized spacial score (nSPS) is 19.1. The third-order valence-corrected chi connectivity index (χ3v) is 2.89. The zero-order chi connectivity index (χ0) is 12.3. The van der Waals surface area contributed by atoms with Gasteiger partial charge in [-0.1, -0.05) is 0 Å². The van der Waals surface area contributed by atoms with Crippen LogP contribution in [0, 0.1) is 0 Å². The van der Waals surface area contributed by atoms with E-state index in [1.165, 1.54) is 0 Å². The number of benzene rings is 1. The van der Waals surface area contributed by atoms with E-state index in [2.05, 4.69) is 0 Å². The zero-order valence-electron chi connectivity index (χ0n) is 10.1. The van der Waals surface area contributed by atoms with Gasteiger partial charge in [0.25, 0.3) is 0 Å². The summed E-state index contributed by atoms with van der Waals surface area (Å²) >= 11 is 0. The lowest BCUT2D eigenvalue weighted by Crippen LogP contribution is -2.19. The molecule has 0 aliphatic carbocycles. The fourth-order valence-electron chi connectivity index (χ4n) is 1.96. The van der Waals surface area contributed by atoms with Crippen LogP contribution in [0.25, 0.3) is 0 Å². The molecule has 1 heterocycles. The number of carbonyl (C=O) groups excluding carboxylic acids is 1. The number of ketones is 1. The van der Waals surface area contributed by atoms with E-state index >= 15 is 0 Å². The molecule has 4 heteroatoms. The van der Waals surface area contributed by atoms with Crippen molar-refractivity contribution in [3.05, 3.63) is 23.8 Å². The first-order valence-electron chi connectivity index (χ1n) is 5.64. The third kappa shape index (κ3) is 2.42. The van der Waals surface area contributed by atoms with Crippen LogP contribution in [0.3, 0.4) is 0 Å². The zero-order valence-corrected chi connectivity index (χ0v) is 10.1. The van der Waals surface area contributed by atoms with E-state index in [1.54, 1.807) is 32.4 Å². The van der Waals surface area contributed by atoms with Crippen molar-refractivity contribution < 1.29 is 19.0 Å². The molecule has 1 aromatic rings. The standard InChI is InChI=1S/C13H16O4/c1-15-10-6-5-9(8-12(10)16-2)13(14)11-4-3-7-17-11/h5-6,8,11H,3-4,7H2,1-2H3. The van der Waals surface area contributed by atoms with Crippen LogP contribution in [-0.4, -0.2) is 32.7 Å². The summed E-state index contributed by atoms with van der Waals surface area (Å²) in [7, 11) is 3.12. The Labute approximate surface area is 100 Å². The summed E-state index contributed by atoms with van der Waals surface area (Å²) in [5, 5.41) is 0. The highest BCUT2D eigenvalue weighted by Crippen LogP contribution is 2.29. The van der Waals surface area contributed by atoms with E-state index in [1.807, 2.05) is 0 Å². The summed E-state index contributed by atoms with van der Waals surface area (Å²) in [4.78, 5) is 12.1. The lowest BCUT2D eigenvalue weighted by molar-refractivity contribution is 0.0642. The molecule has 0 aromatic heterocycles. The van der Waals surface area contributed by atoms with Crippen molar-refractivity contribution in [3.63, 3.8) is 0 Å². The fraction of sp³-hybridized carbons (Fsp3) is 0.462. The number of methoxy groups -OCH3 is 2. The van der Waals surface area contributed by atoms with Crippen molar-refractivity contribution in [3.8, 4) is 11.5 Å². The van der Waals surface area contributed by atoms with Crippen LogP contribution in [0.1, 0.15) is 23.2 Å². The Morgan fingerprint density at radius 3 is 2.65 bits per heavy atom. The maximum atomic E-state index is 12.1. The number of carbonyl (C=O) groups is 1. The summed E-state index contributed by atoms with van der Waals surface area (Å²) in [6.07, 6.45) is 1.45. The maximum absolute atomic E-state index is 12.1. The summed E-state index contributed by atoms with van der Waals surface area (Å²) in [5.74, 6) is 1.20. The Bertz CT molecular complexity index is 408. The predicted octanol–water partition coefficient (Wildman–Crippen LogP) is 2.07. The van der Waals surface area contributed by atoms with Gasteiger partial charge >= 0.3 is 0 Å². The highest BCUT2D eigenvalue weighted by Gasteiger charge is 2.25. The first kappa shape index (κ1) is 11.9. The lowest BCUT2D eigenvalue weighted by Gasteiger charge is -2.11. The number of hydrogen-bond donors (Lipinski definition) is 0. The van der Waals surface area contributed by atoms with E-state index in [0.717, 1.165) is 12.8 Å². The van der Waals surface area contributed by atoms with E-state index in [-0.39, 0.29) is 11.9 Å². The van der Waals surface area contributed by atoms with Crippen molar-refractivity contribution in [2.45, 2.75) is 18.9 Å². The monoisotopic (exact) mass is 236 g/mol. The first-order chi connectivity index (χ1) is 8.26. The van der Waals surface area contributed by atoms with E-state index in [0.29, 0.717) is 23.7 Å². The van der Waals surface area contributed by atoms with E-state index in [9.17, 15) is 4.79 Å². The van der Waals surface area contributed by atoms with Crippen LogP contribution in [-0.2, 0) is 4.74 Å². The van der Waals surface area contributed by atoms with Gasteiger partial charge in [0, 0.05) is 12.2 Å². The van der Waals surface area contributed by atoms with Crippen LogP contribution in [0.5, 0.6) is 11.5 Å². The Morgan fingerprint density at radius 1 is 1.29 bits per heavy atom. The van der Waals surface area contributed by atoms with Gasteiger partial charge in [-0.15, -0.1) is 0 Å². The largest absolute Gasteiger partial charge is 0.493 e. The molecule has 1 saturated heterocycles. The molecule has 0 bridgehead atoms. The Morgan fingerprint density at radius 2 is 2.06 bits per heavy atom. The molecule has 17 heavy (non-hydrogen) atoms. The molecule has 1 fully saturated rings. The van der Waals surface area contributed by atoms with Gasteiger partial charge in [-0.05, 0) is 31.0 Å². The Hall–Kier alpha value is -1.55. The average Bonchev–Trinajstić information content (AvgIpc) is 2.90. The summed E-state index contributed by atoms with van der Waals surface area (Å²) in [5.41, 5.74) is 0.606. The number of hydrogen-bond acceptors (Lipinski definition) is 4. The second-order valence-electron chi connectivity index (χ2n) is 3.94. The van der Waals surface area contributed by atoms with E-state index in [4.69, 9.17) is 14.2 Å². The molecule has 1 unspecified atom stereocenters. The van der Waals surface area contributed by atoms with Crippen molar-refractivity contribution in [1.82, 2.24) is 0 Å². The highest BCUT2D eigenvalue weighted by atomic mass is 16.5. The van der Waals surface area contributed by atoms with Gasteiger partial charge < -0.3 is 14.2 Å². The molecule has 1 aliphatic heterocycles. The van der Waals surface area contributed by atoms with Gasteiger partial charge in [-0.25, -0.2) is 0 Å². The first-order valence-corrected chi connectivity index (χ1v) is 5.64. The molecule has 4 nitrogen and oxygen atoms in total. The highest BCUT2D eigenvalue weighted by molar-refractivity contribution is 6.00. The molecule has 0 spiro atoms. The van der Waals surface area contributed by atoms with Gasteiger partial charge in [0.05, 0.1) is 14.2 Å². The minimum absolute atomic E-state index is 0.0171. The SMILES string of the molecule is COc1ccc(C(=O)C2CCCO2)cc1OC. The van der Waals surface area contributed by atoms with Crippen molar-refractivity contribution in [2.75, 3.05) is 20.8 Å². The number of rotatable bonds is 4. The van der Waals surface area contributed by atoms with Crippen molar-refractivity contribution in [1.29, 1.82) is 0 Å². The molecule has 0 N–H and O–H groups in total. The lowest BCUT2D eigenvalue weighted by atomic mass is 10.0. The molecule has 1 aromatic carbocycles. The molecular weight excluding hydrogens is 220 g/mol. The Kier molecular flexibility index (Phi) is 3.64. The van der Waals surface area contributed by atoms with Crippen LogP contribution in [0.4, 0.5) is 0 Å². The molecule has 2 rings (SSSR count). The topological polar surface area (TPSA) is 44.8 Å². The van der Waals surface area contributed by atoms with Gasteiger partial charge in [-0.2, -0.15) is 0 Å². The van der Waals surface area contributed by atoms with Crippen molar-refractivity contribution >= 4 is 5.78 Å².